The fourth-order valence-corrected chi connectivity index (χ4v) is 5.57. The molecule has 1 amide bonds. The SMILES string of the molecule is COc1ccc(Oc2ccc(-c3nn(C4CCN(C5CN(C(=O)OC(C)(C)C)C5)CC4)c4ncnc(N)c34)cc2)cc1. The molecule has 220 valence electrons. The summed E-state index contributed by atoms with van der Waals surface area (Å²) in [5, 5.41) is 5.80. The average Bonchev–Trinajstić information content (AvgIpc) is 3.33. The van der Waals surface area contributed by atoms with Gasteiger partial charge in [0.25, 0.3) is 0 Å². The molecule has 4 heterocycles. The van der Waals surface area contributed by atoms with Gasteiger partial charge in [-0.3, -0.25) is 4.90 Å². The van der Waals surface area contributed by atoms with Gasteiger partial charge in [0.05, 0.1) is 18.5 Å². The number of hydrogen-bond donors (Lipinski definition) is 1. The van der Waals surface area contributed by atoms with Crippen molar-refractivity contribution in [2.75, 3.05) is 39.0 Å². The van der Waals surface area contributed by atoms with Crippen LogP contribution >= 0.6 is 0 Å². The molecule has 2 aliphatic heterocycles. The van der Waals surface area contributed by atoms with E-state index in [1.54, 1.807) is 12.0 Å². The zero-order valence-corrected chi connectivity index (χ0v) is 24.5. The number of nitrogens with zero attached hydrogens (tertiary/aromatic N) is 6. The molecule has 2 aromatic carbocycles. The van der Waals surface area contributed by atoms with Crippen molar-refractivity contribution in [3.63, 3.8) is 0 Å². The summed E-state index contributed by atoms with van der Waals surface area (Å²) in [4.78, 5) is 25.4. The second-order valence-electron chi connectivity index (χ2n) is 11.9. The highest BCUT2D eigenvalue weighted by Crippen LogP contribution is 2.36. The Labute approximate surface area is 245 Å². The quantitative estimate of drug-likeness (QED) is 0.336. The first-order valence-electron chi connectivity index (χ1n) is 14.3. The maximum absolute atomic E-state index is 12.3. The van der Waals surface area contributed by atoms with E-state index in [-0.39, 0.29) is 12.1 Å². The zero-order valence-electron chi connectivity index (χ0n) is 24.5. The lowest BCUT2D eigenvalue weighted by Gasteiger charge is -2.47. The molecule has 2 saturated heterocycles. The fraction of sp³-hybridized carbons (Fsp3) is 0.419. The van der Waals surface area contributed by atoms with Crippen molar-refractivity contribution in [2.24, 2.45) is 0 Å². The van der Waals surface area contributed by atoms with Gasteiger partial charge in [-0.1, -0.05) is 0 Å². The molecule has 0 atom stereocenters. The van der Waals surface area contributed by atoms with Gasteiger partial charge in [0, 0.05) is 37.8 Å². The number of hydrogen-bond acceptors (Lipinski definition) is 9. The molecule has 0 aliphatic carbocycles. The molecule has 6 rings (SSSR count). The number of nitrogen functional groups attached to an aromatic ring is 1. The third kappa shape index (κ3) is 5.69. The number of benzene rings is 2. The molecule has 0 saturated carbocycles. The number of nitrogens with two attached hydrogens (primary N) is 1. The Hall–Kier alpha value is -4.38. The Morgan fingerprint density at radius 2 is 1.52 bits per heavy atom. The van der Waals surface area contributed by atoms with E-state index in [1.807, 2.05) is 74.0 Å². The number of methoxy groups -OCH3 is 1. The van der Waals surface area contributed by atoms with Crippen LogP contribution in [0.5, 0.6) is 17.2 Å². The summed E-state index contributed by atoms with van der Waals surface area (Å²) in [5.74, 6) is 2.62. The third-order valence-corrected chi connectivity index (χ3v) is 7.82. The van der Waals surface area contributed by atoms with Crippen LogP contribution in [0.15, 0.2) is 54.9 Å². The summed E-state index contributed by atoms with van der Waals surface area (Å²) < 4.78 is 18.7. The number of carbonyl (C=O) groups is 1. The lowest BCUT2D eigenvalue weighted by molar-refractivity contribution is -0.0213. The maximum Gasteiger partial charge on any atom is 0.410 e. The van der Waals surface area contributed by atoms with Crippen LogP contribution in [0.4, 0.5) is 10.6 Å². The monoisotopic (exact) mass is 571 g/mol. The number of aromatic nitrogens is 4. The smallest absolute Gasteiger partial charge is 0.410 e. The number of piperidine rings is 1. The van der Waals surface area contributed by atoms with Crippen molar-refractivity contribution in [1.82, 2.24) is 29.5 Å². The minimum absolute atomic E-state index is 0.187. The number of amides is 1. The standard InChI is InChI=1S/C31H37N7O4/c1-31(2,3)42-30(39)37-17-22(18-37)36-15-13-21(14-16-36)38-29-26(28(32)33-19-34-29)27(35-38)20-5-7-24(8-6-20)41-25-11-9-23(40-4)10-12-25/h5-12,19,21-22H,13-18H2,1-4H3,(H2,32,33,34). The summed E-state index contributed by atoms with van der Waals surface area (Å²) >= 11 is 0. The van der Waals surface area contributed by atoms with Crippen molar-refractivity contribution < 1.29 is 19.0 Å². The molecule has 0 bridgehead atoms. The van der Waals surface area contributed by atoms with Gasteiger partial charge >= 0.3 is 6.09 Å². The Balaban J connectivity index is 1.14. The van der Waals surface area contributed by atoms with E-state index >= 15 is 0 Å². The molecule has 2 aromatic heterocycles. The molecule has 2 N–H and O–H groups in total. The van der Waals surface area contributed by atoms with Crippen molar-refractivity contribution in [3.05, 3.63) is 54.9 Å². The molecule has 0 radical (unpaired) electrons. The van der Waals surface area contributed by atoms with Crippen LogP contribution < -0.4 is 15.2 Å². The van der Waals surface area contributed by atoms with Crippen LogP contribution in [0.2, 0.25) is 0 Å². The Kier molecular flexibility index (Phi) is 7.36. The van der Waals surface area contributed by atoms with Gasteiger partial charge in [0.15, 0.2) is 5.65 Å². The molecular weight excluding hydrogens is 534 g/mol. The number of likely N-dealkylation sites (tertiary alicyclic amines) is 2. The predicted molar refractivity (Wildman–Crippen MR) is 160 cm³/mol. The molecule has 4 aromatic rings. The van der Waals surface area contributed by atoms with Crippen molar-refractivity contribution in [3.8, 4) is 28.5 Å². The second kappa shape index (κ2) is 11.1. The van der Waals surface area contributed by atoms with Gasteiger partial charge in [-0.2, -0.15) is 5.10 Å². The molecule has 0 spiro atoms. The average molecular weight is 572 g/mol. The number of anilines is 1. The Morgan fingerprint density at radius 3 is 2.14 bits per heavy atom. The van der Waals surface area contributed by atoms with Gasteiger partial charge in [-0.25, -0.2) is 19.4 Å². The highest BCUT2D eigenvalue weighted by atomic mass is 16.6. The third-order valence-electron chi connectivity index (χ3n) is 7.82. The van der Waals surface area contributed by atoms with Crippen LogP contribution in [-0.4, -0.2) is 80.6 Å². The summed E-state index contributed by atoms with van der Waals surface area (Å²) in [5.41, 5.74) is 8.30. The summed E-state index contributed by atoms with van der Waals surface area (Å²) in [6.07, 6.45) is 3.12. The maximum atomic E-state index is 12.3. The highest BCUT2D eigenvalue weighted by molar-refractivity contribution is 5.98. The van der Waals surface area contributed by atoms with E-state index in [1.165, 1.54) is 6.33 Å². The van der Waals surface area contributed by atoms with Crippen LogP contribution in [0.1, 0.15) is 39.7 Å². The minimum Gasteiger partial charge on any atom is -0.497 e. The normalized spacial score (nSPS) is 16.8. The Morgan fingerprint density at radius 1 is 0.905 bits per heavy atom. The molecule has 2 fully saturated rings. The number of ether oxygens (including phenoxy) is 3. The van der Waals surface area contributed by atoms with E-state index in [0.29, 0.717) is 30.7 Å². The van der Waals surface area contributed by atoms with Crippen LogP contribution in [0, 0.1) is 0 Å². The minimum atomic E-state index is -0.480. The highest BCUT2D eigenvalue weighted by Gasteiger charge is 2.38. The van der Waals surface area contributed by atoms with E-state index < -0.39 is 5.60 Å². The van der Waals surface area contributed by atoms with Crippen LogP contribution in [0.3, 0.4) is 0 Å². The first-order chi connectivity index (χ1) is 20.2. The fourth-order valence-electron chi connectivity index (χ4n) is 5.57. The van der Waals surface area contributed by atoms with Gasteiger partial charge in [0.2, 0.25) is 0 Å². The van der Waals surface area contributed by atoms with Gasteiger partial charge in [-0.05, 0) is 82.1 Å². The van der Waals surface area contributed by atoms with E-state index in [9.17, 15) is 4.79 Å². The van der Waals surface area contributed by atoms with E-state index in [0.717, 1.165) is 59.7 Å². The van der Waals surface area contributed by atoms with E-state index in [2.05, 4.69) is 14.9 Å². The van der Waals surface area contributed by atoms with Crippen molar-refractivity contribution >= 4 is 22.9 Å². The van der Waals surface area contributed by atoms with Gasteiger partial charge in [0.1, 0.15) is 40.7 Å². The first-order valence-corrected chi connectivity index (χ1v) is 14.3. The van der Waals surface area contributed by atoms with Crippen LogP contribution in [0.25, 0.3) is 22.3 Å². The van der Waals surface area contributed by atoms with E-state index in [4.69, 9.17) is 25.0 Å². The zero-order chi connectivity index (χ0) is 29.4. The number of fused-ring (bicyclic) bond motifs is 1. The Bertz CT molecular complexity index is 1550. The lowest BCUT2D eigenvalue weighted by Crippen LogP contribution is -2.62. The molecule has 11 nitrogen and oxygen atoms in total. The largest absolute Gasteiger partial charge is 0.497 e. The van der Waals surface area contributed by atoms with Gasteiger partial charge < -0.3 is 24.8 Å². The molecule has 0 unspecified atom stereocenters. The summed E-state index contributed by atoms with van der Waals surface area (Å²) in [7, 11) is 1.64. The molecule has 42 heavy (non-hydrogen) atoms. The second-order valence-corrected chi connectivity index (χ2v) is 11.9. The summed E-state index contributed by atoms with van der Waals surface area (Å²) in [6, 6.07) is 15.8. The number of carbonyl (C=O) groups excluding carboxylic acids is 1. The lowest BCUT2D eigenvalue weighted by atomic mass is 10.00. The van der Waals surface area contributed by atoms with Crippen molar-refractivity contribution in [2.45, 2.75) is 51.3 Å². The van der Waals surface area contributed by atoms with Crippen LogP contribution in [-0.2, 0) is 4.74 Å². The molecule has 11 heteroatoms. The molecular formula is C31H37N7O4. The topological polar surface area (TPSA) is 121 Å². The predicted octanol–water partition coefficient (Wildman–Crippen LogP) is 5.13. The first kappa shape index (κ1) is 27.8. The number of rotatable bonds is 6. The van der Waals surface area contributed by atoms with Gasteiger partial charge in [-0.15, -0.1) is 0 Å². The summed E-state index contributed by atoms with van der Waals surface area (Å²) in [6.45, 7) is 8.93. The van der Waals surface area contributed by atoms with Crippen molar-refractivity contribution in [1.29, 1.82) is 0 Å². The molecule has 2 aliphatic rings.